The summed E-state index contributed by atoms with van der Waals surface area (Å²) < 4.78 is 0. The second-order valence-electron chi connectivity index (χ2n) is 2.79. The standard InChI is InChI=1S/C9H9N3OS/c13-8(5-7-1-4-14-6-7)12-9-10-2-3-11-9/h1-4,6H,5H2,(H2,10,11,12,13). The first kappa shape index (κ1) is 8.96. The average molecular weight is 207 g/mol. The Hall–Kier alpha value is -1.62. The maximum atomic E-state index is 11.4. The summed E-state index contributed by atoms with van der Waals surface area (Å²) in [5.41, 5.74) is 1.03. The van der Waals surface area contributed by atoms with Gasteiger partial charge in [-0.25, -0.2) is 4.98 Å². The first-order valence-electron chi connectivity index (χ1n) is 4.15. The minimum absolute atomic E-state index is 0.0571. The highest BCUT2D eigenvalue weighted by molar-refractivity contribution is 7.07. The normalized spacial score (nSPS) is 10.0. The fraction of sp³-hybridized carbons (Fsp3) is 0.111. The fourth-order valence-electron chi connectivity index (χ4n) is 1.09. The van der Waals surface area contributed by atoms with Crippen LogP contribution in [0.2, 0.25) is 0 Å². The number of imidazole rings is 1. The molecular formula is C9H9N3OS. The van der Waals surface area contributed by atoms with E-state index in [1.165, 1.54) is 0 Å². The summed E-state index contributed by atoms with van der Waals surface area (Å²) in [7, 11) is 0. The van der Waals surface area contributed by atoms with E-state index in [0.29, 0.717) is 12.4 Å². The predicted molar refractivity (Wildman–Crippen MR) is 55.2 cm³/mol. The third-order valence-electron chi connectivity index (χ3n) is 1.70. The topological polar surface area (TPSA) is 57.8 Å². The molecule has 0 aliphatic heterocycles. The number of carbonyl (C=O) groups excluding carboxylic acids is 1. The van der Waals surface area contributed by atoms with Crippen molar-refractivity contribution < 1.29 is 4.79 Å². The van der Waals surface area contributed by atoms with E-state index >= 15 is 0 Å². The quantitative estimate of drug-likeness (QED) is 0.804. The van der Waals surface area contributed by atoms with E-state index in [1.807, 2.05) is 16.8 Å². The van der Waals surface area contributed by atoms with Crippen molar-refractivity contribution in [3.05, 3.63) is 34.8 Å². The van der Waals surface area contributed by atoms with Crippen molar-refractivity contribution in [2.45, 2.75) is 6.42 Å². The van der Waals surface area contributed by atoms with Crippen molar-refractivity contribution in [3.8, 4) is 0 Å². The monoisotopic (exact) mass is 207 g/mol. The van der Waals surface area contributed by atoms with E-state index in [4.69, 9.17) is 0 Å². The summed E-state index contributed by atoms with van der Waals surface area (Å²) in [6.07, 6.45) is 3.66. The van der Waals surface area contributed by atoms with Crippen molar-refractivity contribution in [2.75, 3.05) is 5.32 Å². The number of H-pyrrole nitrogens is 1. The number of nitrogens with zero attached hydrogens (tertiary/aromatic N) is 1. The van der Waals surface area contributed by atoms with Gasteiger partial charge in [-0.15, -0.1) is 0 Å². The van der Waals surface area contributed by atoms with Gasteiger partial charge in [0.1, 0.15) is 0 Å². The first-order valence-corrected chi connectivity index (χ1v) is 5.09. The highest BCUT2D eigenvalue weighted by Gasteiger charge is 2.04. The second kappa shape index (κ2) is 4.06. The van der Waals surface area contributed by atoms with Crippen molar-refractivity contribution in [2.24, 2.45) is 0 Å². The molecule has 2 rings (SSSR count). The van der Waals surface area contributed by atoms with Gasteiger partial charge in [0.2, 0.25) is 11.9 Å². The number of nitrogens with one attached hydrogen (secondary N) is 2. The summed E-state index contributed by atoms with van der Waals surface area (Å²) in [6, 6.07) is 1.94. The van der Waals surface area contributed by atoms with Gasteiger partial charge < -0.3 is 4.98 Å². The number of hydrogen-bond acceptors (Lipinski definition) is 3. The molecule has 1 amide bonds. The van der Waals surface area contributed by atoms with Crippen LogP contribution in [0.4, 0.5) is 5.95 Å². The van der Waals surface area contributed by atoms with Crippen LogP contribution in [0.5, 0.6) is 0 Å². The third-order valence-corrected chi connectivity index (χ3v) is 2.43. The molecule has 0 aliphatic rings. The molecule has 0 aliphatic carbocycles. The second-order valence-corrected chi connectivity index (χ2v) is 3.57. The number of rotatable bonds is 3. The molecule has 4 nitrogen and oxygen atoms in total. The molecule has 2 heterocycles. The fourth-order valence-corrected chi connectivity index (χ4v) is 1.76. The van der Waals surface area contributed by atoms with Crippen LogP contribution in [0.1, 0.15) is 5.56 Å². The molecule has 14 heavy (non-hydrogen) atoms. The van der Waals surface area contributed by atoms with Crippen LogP contribution in [-0.2, 0) is 11.2 Å². The van der Waals surface area contributed by atoms with Gasteiger partial charge in [0.25, 0.3) is 0 Å². The molecule has 5 heteroatoms. The lowest BCUT2D eigenvalue weighted by molar-refractivity contribution is -0.115. The van der Waals surface area contributed by atoms with Gasteiger partial charge in [-0.2, -0.15) is 11.3 Å². The average Bonchev–Trinajstić information content (AvgIpc) is 2.76. The Morgan fingerprint density at radius 3 is 3.21 bits per heavy atom. The SMILES string of the molecule is O=C(Cc1ccsc1)Nc1ncc[nH]1. The van der Waals surface area contributed by atoms with Crippen LogP contribution in [0.15, 0.2) is 29.2 Å². The van der Waals surface area contributed by atoms with E-state index < -0.39 is 0 Å². The Bertz CT molecular complexity index is 355. The van der Waals surface area contributed by atoms with Gasteiger partial charge in [0.05, 0.1) is 6.42 Å². The molecule has 0 saturated heterocycles. The number of hydrogen-bond donors (Lipinski definition) is 2. The summed E-state index contributed by atoms with van der Waals surface area (Å²) in [4.78, 5) is 18.1. The van der Waals surface area contributed by atoms with Gasteiger partial charge in [-0.3, -0.25) is 10.1 Å². The minimum atomic E-state index is -0.0571. The molecule has 0 unspecified atom stereocenters. The molecule has 0 fully saturated rings. The van der Waals surface area contributed by atoms with E-state index in [-0.39, 0.29) is 5.91 Å². The number of aromatic nitrogens is 2. The largest absolute Gasteiger partial charge is 0.331 e. The lowest BCUT2D eigenvalue weighted by Crippen LogP contribution is -2.14. The van der Waals surface area contributed by atoms with Gasteiger partial charge >= 0.3 is 0 Å². The van der Waals surface area contributed by atoms with Crippen molar-refractivity contribution in [3.63, 3.8) is 0 Å². The predicted octanol–water partition coefficient (Wildman–Crippen LogP) is 1.65. The Kier molecular flexibility index (Phi) is 2.60. The maximum absolute atomic E-state index is 11.4. The molecule has 2 aromatic rings. The molecule has 0 atom stereocenters. The zero-order valence-corrected chi connectivity index (χ0v) is 8.17. The molecule has 0 bridgehead atoms. The summed E-state index contributed by atoms with van der Waals surface area (Å²) >= 11 is 1.59. The lowest BCUT2D eigenvalue weighted by atomic mass is 10.2. The van der Waals surface area contributed by atoms with E-state index in [9.17, 15) is 4.79 Å². The molecule has 2 aromatic heterocycles. The summed E-state index contributed by atoms with van der Waals surface area (Å²) in [5.74, 6) is 0.434. The minimum Gasteiger partial charge on any atom is -0.331 e. The third kappa shape index (κ3) is 2.20. The maximum Gasteiger partial charge on any atom is 0.231 e. The van der Waals surface area contributed by atoms with Gasteiger partial charge in [0, 0.05) is 12.4 Å². The summed E-state index contributed by atoms with van der Waals surface area (Å²) in [5, 5.41) is 6.57. The number of thiophene rings is 1. The van der Waals surface area contributed by atoms with Crippen molar-refractivity contribution in [1.29, 1.82) is 0 Å². The molecule has 72 valence electrons. The Balaban J connectivity index is 1.91. The Morgan fingerprint density at radius 2 is 2.57 bits per heavy atom. The Labute approximate surface area is 85.0 Å². The first-order chi connectivity index (χ1) is 6.84. The number of carbonyl (C=O) groups is 1. The van der Waals surface area contributed by atoms with Crippen LogP contribution in [0.3, 0.4) is 0 Å². The van der Waals surface area contributed by atoms with Crippen molar-refractivity contribution in [1.82, 2.24) is 9.97 Å². The van der Waals surface area contributed by atoms with E-state index in [2.05, 4.69) is 15.3 Å². The van der Waals surface area contributed by atoms with Gasteiger partial charge in [-0.05, 0) is 22.4 Å². The molecule has 0 saturated carbocycles. The molecular weight excluding hydrogens is 198 g/mol. The molecule has 2 N–H and O–H groups in total. The molecule has 0 radical (unpaired) electrons. The number of aromatic amines is 1. The smallest absolute Gasteiger partial charge is 0.231 e. The highest BCUT2D eigenvalue weighted by Crippen LogP contribution is 2.07. The van der Waals surface area contributed by atoms with Crippen LogP contribution in [-0.4, -0.2) is 15.9 Å². The van der Waals surface area contributed by atoms with Gasteiger partial charge in [-0.1, -0.05) is 0 Å². The van der Waals surface area contributed by atoms with Crippen molar-refractivity contribution >= 4 is 23.2 Å². The van der Waals surface area contributed by atoms with Crippen LogP contribution >= 0.6 is 11.3 Å². The zero-order chi connectivity index (χ0) is 9.80. The zero-order valence-electron chi connectivity index (χ0n) is 7.36. The van der Waals surface area contributed by atoms with Crippen LogP contribution in [0.25, 0.3) is 0 Å². The van der Waals surface area contributed by atoms with Crippen LogP contribution < -0.4 is 5.32 Å². The number of anilines is 1. The highest BCUT2D eigenvalue weighted by atomic mass is 32.1. The van der Waals surface area contributed by atoms with E-state index in [1.54, 1.807) is 23.7 Å². The Morgan fingerprint density at radius 1 is 1.64 bits per heavy atom. The van der Waals surface area contributed by atoms with Crippen LogP contribution in [0, 0.1) is 0 Å². The molecule has 0 aromatic carbocycles. The number of amides is 1. The van der Waals surface area contributed by atoms with E-state index in [0.717, 1.165) is 5.56 Å². The summed E-state index contributed by atoms with van der Waals surface area (Å²) in [6.45, 7) is 0. The molecule has 0 spiro atoms. The van der Waals surface area contributed by atoms with Gasteiger partial charge in [0.15, 0.2) is 0 Å². The lowest BCUT2D eigenvalue weighted by Gasteiger charge is -1.99.